The lowest BCUT2D eigenvalue weighted by atomic mass is 10.0. The van der Waals surface area contributed by atoms with E-state index in [1.165, 1.54) is 32.7 Å². The van der Waals surface area contributed by atoms with Gasteiger partial charge in [0.1, 0.15) is 0 Å². The molecule has 0 atom stereocenters. The molecule has 2 heterocycles. The number of nitrogens with zero attached hydrogens (tertiary/aromatic N) is 4. The van der Waals surface area contributed by atoms with Gasteiger partial charge in [0, 0.05) is 67.1 Å². The van der Waals surface area contributed by atoms with Gasteiger partial charge in [0.15, 0.2) is 0 Å². The van der Waals surface area contributed by atoms with E-state index < -0.39 is 0 Å². The van der Waals surface area contributed by atoms with Gasteiger partial charge in [-0.2, -0.15) is 0 Å². The fourth-order valence-electron chi connectivity index (χ4n) is 9.81. The third kappa shape index (κ3) is 7.58. The Kier molecular flexibility index (Phi) is 11.0. The van der Waals surface area contributed by atoms with Crippen molar-refractivity contribution in [3.05, 3.63) is 266 Å². The summed E-state index contributed by atoms with van der Waals surface area (Å²) in [6.45, 7) is 12.6. The first-order chi connectivity index (χ1) is 33.5. The zero-order valence-electron chi connectivity index (χ0n) is 38.3. The summed E-state index contributed by atoms with van der Waals surface area (Å²) in [6, 6.07) is 78.3. The molecule has 0 unspecified atom stereocenters. The van der Waals surface area contributed by atoms with E-state index in [4.69, 9.17) is 0 Å². The van der Waals surface area contributed by atoms with E-state index in [9.17, 15) is 0 Å². The molecule has 4 heteroatoms. The van der Waals surface area contributed by atoms with Crippen LogP contribution < -0.4 is 9.80 Å². The second-order valence-corrected chi connectivity index (χ2v) is 17.2. The lowest BCUT2D eigenvalue weighted by Crippen LogP contribution is -2.16. The number of rotatable bonds is 12. The van der Waals surface area contributed by atoms with Crippen LogP contribution in [0.15, 0.2) is 255 Å². The van der Waals surface area contributed by atoms with Crippen molar-refractivity contribution in [2.24, 2.45) is 0 Å². The Morgan fingerprint density at radius 1 is 0.353 bits per heavy atom. The first-order valence-corrected chi connectivity index (χ1v) is 23.2. The van der Waals surface area contributed by atoms with Crippen molar-refractivity contribution in [3.63, 3.8) is 0 Å². The summed E-state index contributed by atoms with van der Waals surface area (Å²) in [5, 5.41) is 4.73. The first kappa shape index (κ1) is 41.8. The van der Waals surface area contributed by atoms with E-state index in [0.29, 0.717) is 0 Å². The molecule has 0 aliphatic heterocycles. The van der Waals surface area contributed by atoms with Crippen molar-refractivity contribution in [2.75, 3.05) is 9.80 Å². The minimum Gasteiger partial charge on any atom is -0.314 e. The number of hydrogen-bond donors (Lipinski definition) is 0. The van der Waals surface area contributed by atoms with E-state index in [1.807, 2.05) is 12.2 Å². The summed E-state index contributed by atoms with van der Waals surface area (Å²) in [7, 11) is 0. The normalized spacial score (nSPS) is 12.0. The average molecular weight is 875 g/mol. The molecule has 11 rings (SSSR count). The van der Waals surface area contributed by atoms with Gasteiger partial charge in [0.25, 0.3) is 0 Å². The Morgan fingerprint density at radius 2 is 0.691 bits per heavy atom. The zero-order valence-corrected chi connectivity index (χ0v) is 38.3. The largest absolute Gasteiger partial charge is 0.314 e. The highest BCUT2D eigenvalue weighted by atomic mass is 15.2. The summed E-state index contributed by atoms with van der Waals surface area (Å²) in [6.07, 6.45) is 8.35. The van der Waals surface area contributed by atoms with Crippen LogP contribution in [-0.4, -0.2) is 9.13 Å². The molecule has 0 saturated carbocycles. The fraction of sp³-hybridized carbons (Fsp3) is 0.0312. The standard InChI is InChI=1S/C64H50N4/c1-5-47-29-37-61-57(41-47)59-43-55(35-39-63(59)67(61)52-23-15-9-16-24-52)65(51-21-13-8-14-22-51)45(3)27-28-46(4)66(54-33-31-50(32-34-54)49-19-11-7-12-20-49)56-36-40-64-60(44-56)58-42-48(6-2)30-38-62(58)68(64)53-25-17-10-18-26-53/h5-44H,1-2H2,3-4H3/b45-27+,46-28+. The maximum Gasteiger partial charge on any atom is 0.0542 e. The van der Waals surface area contributed by atoms with Crippen LogP contribution in [0.3, 0.4) is 0 Å². The molecule has 0 amide bonds. The highest BCUT2D eigenvalue weighted by Gasteiger charge is 2.20. The third-order valence-electron chi connectivity index (χ3n) is 13.1. The van der Waals surface area contributed by atoms with Crippen LogP contribution in [0.2, 0.25) is 0 Å². The fourth-order valence-corrected chi connectivity index (χ4v) is 9.81. The van der Waals surface area contributed by atoms with Crippen LogP contribution in [0.4, 0.5) is 22.7 Å². The molecule has 0 fully saturated rings. The van der Waals surface area contributed by atoms with E-state index in [2.05, 4.69) is 276 Å². The zero-order chi connectivity index (χ0) is 46.1. The maximum atomic E-state index is 4.11. The van der Waals surface area contributed by atoms with Crippen molar-refractivity contribution in [3.8, 4) is 22.5 Å². The summed E-state index contributed by atoms with van der Waals surface area (Å²) >= 11 is 0. The second-order valence-electron chi connectivity index (χ2n) is 17.2. The quantitative estimate of drug-likeness (QED) is 0.114. The predicted octanol–water partition coefficient (Wildman–Crippen LogP) is 17.6. The minimum absolute atomic E-state index is 1.07. The van der Waals surface area contributed by atoms with Gasteiger partial charge in [0.05, 0.1) is 22.1 Å². The van der Waals surface area contributed by atoms with Crippen molar-refractivity contribution < 1.29 is 0 Å². The van der Waals surface area contributed by atoms with Gasteiger partial charge in [-0.1, -0.05) is 135 Å². The number of allylic oxidation sites excluding steroid dienone is 4. The highest BCUT2D eigenvalue weighted by Crippen LogP contribution is 2.41. The Hall–Kier alpha value is -8.86. The smallest absolute Gasteiger partial charge is 0.0542 e. The summed E-state index contributed by atoms with van der Waals surface area (Å²) in [5.74, 6) is 0. The van der Waals surface area contributed by atoms with Crippen LogP contribution in [0, 0.1) is 0 Å². The van der Waals surface area contributed by atoms with Crippen LogP contribution >= 0.6 is 0 Å². The number of anilines is 4. The number of para-hydroxylation sites is 3. The number of hydrogen-bond acceptors (Lipinski definition) is 2. The molecule has 2 aromatic heterocycles. The van der Waals surface area contributed by atoms with Crippen LogP contribution in [-0.2, 0) is 0 Å². The van der Waals surface area contributed by atoms with Gasteiger partial charge in [-0.15, -0.1) is 0 Å². The summed E-state index contributed by atoms with van der Waals surface area (Å²) < 4.78 is 4.72. The number of fused-ring (bicyclic) bond motifs is 6. The maximum absolute atomic E-state index is 4.11. The predicted molar refractivity (Wildman–Crippen MR) is 292 cm³/mol. The van der Waals surface area contributed by atoms with Crippen LogP contribution in [0.25, 0.3) is 78.3 Å². The van der Waals surface area contributed by atoms with E-state index >= 15 is 0 Å². The molecule has 0 spiro atoms. The van der Waals surface area contributed by atoms with E-state index in [0.717, 1.165) is 78.7 Å². The Labute approximate surface area is 398 Å². The van der Waals surface area contributed by atoms with Crippen LogP contribution in [0.1, 0.15) is 25.0 Å². The summed E-state index contributed by atoms with van der Waals surface area (Å²) in [5.41, 5.74) is 17.9. The monoisotopic (exact) mass is 874 g/mol. The van der Waals surface area contributed by atoms with Crippen LogP contribution in [0.5, 0.6) is 0 Å². The van der Waals surface area contributed by atoms with Gasteiger partial charge in [-0.25, -0.2) is 0 Å². The van der Waals surface area contributed by atoms with Crippen molar-refractivity contribution in [1.29, 1.82) is 0 Å². The Balaban J connectivity index is 1.06. The van der Waals surface area contributed by atoms with Gasteiger partial charge < -0.3 is 18.9 Å². The lowest BCUT2D eigenvalue weighted by molar-refractivity contribution is 1.13. The topological polar surface area (TPSA) is 16.3 Å². The molecule has 9 aromatic carbocycles. The second kappa shape index (κ2) is 17.8. The number of aromatic nitrogens is 2. The molecule has 0 radical (unpaired) electrons. The molecule has 0 aliphatic rings. The van der Waals surface area contributed by atoms with Gasteiger partial charge in [0.2, 0.25) is 0 Å². The molecular weight excluding hydrogens is 825 g/mol. The Bertz CT molecular complexity index is 3710. The molecular formula is C64H50N4. The van der Waals surface area contributed by atoms with E-state index in [-0.39, 0.29) is 0 Å². The molecule has 0 N–H and O–H groups in total. The first-order valence-electron chi connectivity index (χ1n) is 23.2. The number of benzene rings is 9. The van der Waals surface area contributed by atoms with Crippen molar-refractivity contribution in [2.45, 2.75) is 13.8 Å². The lowest BCUT2D eigenvalue weighted by Gasteiger charge is -2.28. The molecule has 0 saturated heterocycles. The highest BCUT2D eigenvalue weighted by molar-refractivity contribution is 6.12. The molecule has 0 bridgehead atoms. The van der Waals surface area contributed by atoms with Gasteiger partial charge in [-0.3, -0.25) is 0 Å². The SMILES string of the molecule is C=Cc1ccc2c(c1)c1cc(N(/C(C)=C/C=C(\C)N(c3ccc(-c4ccccc4)cc3)c3ccc4c(c3)c3cc(C=C)ccc3n4-c3ccccc3)c3ccccc3)ccc1n2-c1ccccc1. The molecule has 68 heavy (non-hydrogen) atoms. The molecule has 11 aromatic rings. The Morgan fingerprint density at radius 3 is 1.12 bits per heavy atom. The summed E-state index contributed by atoms with van der Waals surface area (Å²) in [4.78, 5) is 4.72. The van der Waals surface area contributed by atoms with Crippen molar-refractivity contribution in [1.82, 2.24) is 9.13 Å². The minimum atomic E-state index is 1.07. The molecule has 0 aliphatic carbocycles. The third-order valence-corrected chi connectivity index (χ3v) is 13.1. The van der Waals surface area contributed by atoms with Gasteiger partial charge in [-0.05, 0) is 157 Å². The van der Waals surface area contributed by atoms with E-state index in [1.54, 1.807) is 0 Å². The molecule has 326 valence electrons. The average Bonchev–Trinajstić information content (AvgIpc) is 3.90. The van der Waals surface area contributed by atoms with Gasteiger partial charge >= 0.3 is 0 Å². The molecule has 4 nitrogen and oxygen atoms in total. The van der Waals surface area contributed by atoms with Crippen molar-refractivity contribution >= 4 is 78.5 Å².